The monoisotopic (exact) mass is 237 g/mol. The molecule has 0 N–H and O–H groups in total. The normalized spacial score (nSPS) is 9.67. The predicted octanol–water partition coefficient (Wildman–Crippen LogP) is 2.19. The quantitative estimate of drug-likeness (QED) is 0.797. The van der Waals surface area contributed by atoms with Crippen molar-refractivity contribution in [2.24, 2.45) is 0 Å². The van der Waals surface area contributed by atoms with Crippen LogP contribution in [0.1, 0.15) is 22.6 Å². The van der Waals surface area contributed by atoms with Gasteiger partial charge in [0.25, 0.3) is 0 Å². The highest BCUT2D eigenvalue weighted by molar-refractivity contribution is 5.95. The van der Waals surface area contributed by atoms with Gasteiger partial charge in [-0.15, -0.1) is 0 Å². The summed E-state index contributed by atoms with van der Waals surface area (Å²) in [6.45, 7) is 0.203. The van der Waals surface area contributed by atoms with Gasteiger partial charge in [-0.3, -0.25) is 0 Å². The van der Waals surface area contributed by atoms with Crippen molar-refractivity contribution >= 4 is 10.8 Å². The summed E-state index contributed by atoms with van der Waals surface area (Å²) in [5.74, 6) is 0.510. The lowest BCUT2D eigenvalue weighted by Crippen LogP contribution is -1.88. The highest BCUT2D eigenvalue weighted by Crippen LogP contribution is 2.30. The van der Waals surface area contributed by atoms with Gasteiger partial charge >= 0.3 is 0 Å². The van der Waals surface area contributed by atoms with Gasteiger partial charge in [0.1, 0.15) is 30.6 Å². The highest BCUT2D eigenvalue weighted by Gasteiger charge is 2.18. The maximum atomic E-state index is 9.12. The molecule has 18 heavy (non-hydrogen) atoms. The number of benzene rings is 1. The SMILES string of the molecule is COCc1oc(C#N)c2c(C#N)c(C#N)ccc12. The van der Waals surface area contributed by atoms with Crippen molar-refractivity contribution in [2.75, 3.05) is 7.11 Å². The van der Waals surface area contributed by atoms with Crippen LogP contribution in [0.2, 0.25) is 0 Å². The molecule has 0 saturated heterocycles. The zero-order valence-electron chi connectivity index (χ0n) is 9.52. The van der Waals surface area contributed by atoms with Crippen LogP contribution in [0.4, 0.5) is 0 Å². The van der Waals surface area contributed by atoms with E-state index in [1.165, 1.54) is 13.2 Å². The van der Waals surface area contributed by atoms with Crippen LogP contribution in [0.3, 0.4) is 0 Å². The van der Waals surface area contributed by atoms with E-state index >= 15 is 0 Å². The molecule has 0 aliphatic heterocycles. The maximum Gasteiger partial charge on any atom is 0.212 e. The number of nitriles is 3. The van der Waals surface area contributed by atoms with Gasteiger partial charge in [-0.2, -0.15) is 15.8 Å². The Morgan fingerprint density at radius 2 is 1.94 bits per heavy atom. The molecular weight excluding hydrogens is 230 g/mol. The van der Waals surface area contributed by atoms with Crippen LogP contribution >= 0.6 is 0 Å². The number of hydrogen-bond donors (Lipinski definition) is 0. The van der Waals surface area contributed by atoms with Crippen molar-refractivity contribution < 1.29 is 9.15 Å². The number of ether oxygens (including phenoxy) is 1. The molecule has 0 aliphatic carbocycles. The van der Waals surface area contributed by atoms with Gasteiger partial charge in [0.15, 0.2) is 0 Å². The van der Waals surface area contributed by atoms with Gasteiger partial charge in [-0.25, -0.2) is 0 Å². The van der Waals surface area contributed by atoms with Gasteiger partial charge in [0.2, 0.25) is 5.76 Å². The fourth-order valence-corrected chi connectivity index (χ4v) is 1.83. The van der Waals surface area contributed by atoms with Crippen LogP contribution in [-0.4, -0.2) is 7.11 Å². The number of methoxy groups -OCH3 is 1. The second-order valence-corrected chi connectivity index (χ2v) is 3.53. The zero-order chi connectivity index (χ0) is 13.1. The van der Waals surface area contributed by atoms with E-state index in [1.54, 1.807) is 6.07 Å². The summed E-state index contributed by atoms with van der Waals surface area (Å²) in [4.78, 5) is 0. The molecule has 5 nitrogen and oxygen atoms in total. The molecule has 86 valence electrons. The molecule has 1 aromatic heterocycles. The van der Waals surface area contributed by atoms with Crippen LogP contribution in [-0.2, 0) is 11.3 Å². The molecule has 0 aliphatic rings. The molecule has 1 heterocycles. The van der Waals surface area contributed by atoms with Gasteiger partial charge in [0.05, 0.1) is 16.5 Å². The Balaban J connectivity index is 2.90. The van der Waals surface area contributed by atoms with Crippen LogP contribution < -0.4 is 0 Å². The van der Waals surface area contributed by atoms with Crippen molar-refractivity contribution in [3.8, 4) is 18.2 Å². The fraction of sp³-hybridized carbons (Fsp3) is 0.154. The third-order valence-electron chi connectivity index (χ3n) is 2.57. The molecule has 0 amide bonds. The summed E-state index contributed by atoms with van der Waals surface area (Å²) in [5.41, 5.74) is 0.393. The van der Waals surface area contributed by atoms with Crippen molar-refractivity contribution in [3.05, 3.63) is 34.8 Å². The molecule has 0 atom stereocenters. The fourth-order valence-electron chi connectivity index (χ4n) is 1.83. The first-order chi connectivity index (χ1) is 8.76. The molecule has 0 radical (unpaired) electrons. The van der Waals surface area contributed by atoms with E-state index in [0.717, 1.165) is 0 Å². The largest absolute Gasteiger partial charge is 0.447 e. The van der Waals surface area contributed by atoms with Crippen LogP contribution in [0.5, 0.6) is 0 Å². The molecule has 2 rings (SSSR count). The Bertz CT molecular complexity index is 739. The van der Waals surface area contributed by atoms with Crippen LogP contribution in [0, 0.1) is 34.0 Å². The lowest BCUT2D eigenvalue weighted by atomic mass is 10.0. The average Bonchev–Trinajstić information content (AvgIpc) is 2.76. The molecule has 0 unspecified atom stereocenters. The van der Waals surface area contributed by atoms with Gasteiger partial charge in [-0.1, -0.05) is 0 Å². The van der Waals surface area contributed by atoms with E-state index in [9.17, 15) is 0 Å². The minimum atomic E-state index is 0.0331. The average molecular weight is 237 g/mol. The summed E-state index contributed by atoms with van der Waals surface area (Å²) in [5, 5.41) is 28.1. The number of nitrogens with zero attached hydrogens (tertiary/aromatic N) is 3. The minimum Gasteiger partial charge on any atom is -0.447 e. The van der Waals surface area contributed by atoms with Gasteiger partial charge < -0.3 is 9.15 Å². The van der Waals surface area contributed by atoms with Crippen molar-refractivity contribution in [2.45, 2.75) is 6.61 Å². The van der Waals surface area contributed by atoms with Crippen LogP contribution in [0.25, 0.3) is 10.8 Å². The van der Waals surface area contributed by atoms with E-state index < -0.39 is 0 Å². The van der Waals surface area contributed by atoms with E-state index in [4.69, 9.17) is 24.9 Å². The van der Waals surface area contributed by atoms with E-state index in [-0.39, 0.29) is 23.5 Å². The standard InChI is InChI=1S/C13H7N3O2/c1-17-7-12-9-3-2-8(4-14)10(5-15)13(9)11(6-16)18-12/h2-3H,7H2,1H3. The van der Waals surface area contributed by atoms with E-state index in [2.05, 4.69) is 0 Å². The predicted molar refractivity (Wildman–Crippen MR) is 61.1 cm³/mol. The Morgan fingerprint density at radius 1 is 1.17 bits per heavy atom. The lowest BCUT2D eigenvalue weighted by molar-refractivity contribution is 0.165. The molecule has 0 saturated carbocycles. The molecule has 5 heteroatoms. The first-order valence-electron chi connectivity index (χ1n) is 5.04. The topological polar surface area (TPSA) is 93.7 Å². The molecular formula is C13H7N3O2. The molecule has 1 aromatic carbocycles. The minimum absolute atomic E-state index is 0.0331. The van der Waals surface area contributed by atoms with Crippen molar-refractivity contribution in [1.82, 2.24) is 0 Å². The maximum absolute atomic E-state index is 9.12. The highest BCUT2D eigenvalue weighted by atomic mass is 16.5. The zero-order valence-corrected chi connectivity index (χ0v) is 9.52. The third-order valence-corrected chi connectivity index (χ3v) is 2.57. The lowest BCUT2D eigenvalue weighted by Gasteiger charge is -1.97. The summed E-state index contributed by atoms with van der Waals surface area (Å²) in [6, 6.07) is 8.96. The Morgan fingerprint density at radius 3 is 2.50 bits per heavy atom. The van der Waals surface area contributed by atoms with Gasteiger partial charge in [0, 0.05) is 12.5 Å². The second-order valence-electron chi connectivity index (χ2n) is 3.53. The summed E-state index contributed by atoms with van der Waals surface area (Å²) in [7, 11) is 1.51. The van der Waals surface area contributed by atoms with E-state index in [1.807, 2.05) is 18.2 Å². The molecule has 0 bridgehead atoms. The molecule has 0 spiro atoms. The molecule has 2 aromatic rings. The molecule has 0 fully saturated rings. The Labute approximate surface area is 103 Å². The third kappa shape index (κ3) is 1.58. The first kappa shape index (κ1) is 11.7. The Hall–Kier alpha value is -2.81. The summed E-state index contributed by atoms with van der Waals surface area (Å²) < 4.78 is 10.3. The van der Waals surface area contributed by atoms with Crippen molar-refractivity contribution in [1.29, 1.82) is 15.8 Å². The van der Waals surface area contributed by atoms with Gasteiger partial charge in [-0.05, 0) is 12.1 Å². The number of rotatable bonds is 2. The number of furan rings is 1. The number of fused-ring (bicyclic) bond motifs is 1. The Kier molecular flexibility index (Phi) is 2.98. The van der Waals surface area contributed by atoms with E-state index in [0.29, 0.717) is 16.5 Å². The smallest absolute Gasteiger partial charge is 0.212 e. The van der Waals surface area contributed by atoms with Crippen molar-refractivity contribution in [3.63, 3.8) is 0 Å². The summed E-state index contributed by atoms with van der Waals surface area (Å²) >= 11 is 0. The first-order valence-corrected chi connectivity index (χ1v) is 5.04. The summed E-state index contributed by atoms with van der Waals surface area (Å²) in [6.07, 6.45) is 0. The number of hydrogen-bond acceptors (Lipinski definition) is 5. The second kappa shape index (κ2) is 4.59. The van der Waals surface area contributed by atoms with Crippen LogP contribution in [0.15, 0.2) is 16.5 Å².